The van der Waals surface area contributed by atoms with Crippen molar-refractivity contribution in [2.24, 2.45) is 5.41 Å². The molecule has 4 aromatic rings. The van der Waals surface area contributed by atoms with Crippen LogP contribution in [0.2, 0.25) is 10.0 Å². The highest BCUT2D eigenvalue weighted by molar-refractivity contribution is 6.35. The number of nitrogens with one attached hydrogen (secondary N) is 1. The number of carbonyl (C=O) groups excluding carboxylic acids is 1. The molecule has 3 aromatic carbocycles. The second-order valence-corrected chi connectivity index (χ2v) is 10.8. The average molecular weight is 488 g/mol. The Kier molecular flexibility index (Phi) is 4.91. The quantitative estimate of drug-likeness (QED) is 0.307. The molecule has 1 unspecified atom stereocenters. The summed E-state index contributed by atoms with van der Waals surface area (Å²) in [6.45, 7) is 4.29. The van der Waals surface area contributed by atoms with Crippen molar-refractivity contribution in [2.45, 2.75) is 32.6 Å². The van der Waals surface area contributed by atoms with Gasteiger partial charge in [0.25, 0.3) is 0 Å². The lowest BCUT2D eigenvalue weighted by Gasteiger charge is -2.39. The first kappa shape index (κ1) is 21.5. The van der Waals surface area contributed by atoms with Gasteiger partial charge in [-0.1, -0.05) is 67.4 Å². The molecule has 1 aliphatic heterocycles. The molecule has 5 heteroatoms. The number of rotatable bonds is 2. The standard InChI is InChI=1S/C29H23Cl2NO2/c1-29(2)14-22-27(23(33)15-29)28(26-18-6-4-3-5-16(18)7-10-21(26)32-22)25-12-11-24(34-25)19-13-17(30)8-9-20(19)31/h3-13,28,32H,14-15H2,1-2H3. The van der Waals surface area contributed by atoms with Crippen LogP contribution in [0, 0.1) is 5.41 Å². The number of Topliss-reactive ketones (excluding diaryl/α,β-unsaturated/α-hetero) is 1. The highest BCUT2D eigenvalue weighted by Gasteiger charge is 2.42. The Labute approximate surface area is 208 Å². The number of halogens is 2. The zero-order valence-corrected chi connectivity index (χ0v) is 20.4. The summed E-state index contributed by atoms with van der Waals surface area (Å²) in [5.41, 5.74) is 4.53. The van der Waals surface area contributed by atoms with Crippen molar-refractivity contribution in [2.75, 3.05) is 5.32 Å². The van der Waals surface area contributed by atoms with Crippen LogP contribution in [0.25, 0.3) is 22.1 Å². The first-order chi connectivity index (χ1) is 16.3. The van der Waals surface area contributed by atoms with E-state index in [1.807, 2.05) is 24.3 Å². The summed E-state index contributed by atoms with van der Waals surface area (Å²) in [4.78, 5) is 13.6. The van der Waals surface area contributed by atoms with Crippen molar-refractivity contribution in [1.82, 2.24) is 0 Å². The Morgan fingerprint density at radius 3 is 2.65 bits per heavy atom. The van der Waals surface area contributed by atoms with Crippen LogP contribution in [0.3, 0.4) is 0 Å². The molecule has 0 saturated carbocycles. The normalized spacial score (nSPS) is 19.1. The van der Waals surface area contributed by atoms with Crippen LogP contribution in [0.4, 0.5) is 5.69 Å². The minimum absolute atomic E-state index is 0.0928. The van der Waals surface area contributed by atoms with Crippen molar-refractivity contribution in [3.8, 4) is 11.3 Å². The first-order valence-corrected chi connectivity index (χ1v) is 12.2. The summed E-state index contributed by atoms with van der Waals surface area (Å²) in [5, 5.41) is 7.01. The van der Waals surface area contributed by atoms with E-state index in [0.29, 0.717) is 22.2 Å². The number of carbonyl (C=O) groups is 1. The number of hydrogen-bond acceptors (Lipinski definition) is 3. The summed E-state index contributed by atoms with van der Waals surface area (Å²) < 4.78 is 6.44. The van der Waals surface area contributed by atoms with Gasteiger partial charge in [-0.3, -0.25) is 4.79 Å². The molecule has 0 amide bonds. The third kappa shape index (κ3) is 3.46. The van der Waals surface area contributed by atoms with Gasteiger partial charge in [0.05, 0.1) is 10.9 Å². The van der Waals surface area contributed by atoms with E-state index < -0.39 is 0 Å². The number of furan rings is 1. The van der Waals surface area contributed by atoms with E-state index >= 15 is 0 Å². The fourth-order valence-corrected chi connectivity index (χ4v) is 5.81. The van der Waals surface area contributed by atoms with Crippen LogP contribution >= 0.6 is 23.2 Å². The maximum absolute atomic E-state index is 13.6. The number of hydrogen-bond donors (Lipinski definition) is 1. The van der Waals surface area contributed by atoms with Crippen molar-refractivity contribution < 1.29 is 9.21 Å². The lowest BCUT2D eigenvalue weighted by atomic mass is 9.69. The van der Waals surface area contributed by atoms with Gasteiger partial charge in [0, 0.05) is 34.0 Å². The molecule has 6 rings (SSSR count). The van der Waals surface area contributed by atoms with Crippen LogP contribution in [0.15, 0.2) is 82.4 Å². The molecule has 170 valence electrons. The number of fused-ring (bicyclic) bond motifs is 3. The Hall–Kier alpha value is -3.01. The molecule has 0 saturated heterocycles. The fourth-order valence-electron chi connectivity index (χ4n) is 5.43. The van der Waals surface area contributed by atoms with Gasteiger partial charge in [0.2, 0.25) is 0 Å². The summed E-state index contributed by atoms with van der Waals surface area (Å²) in [7, 11) is 0. The molecule has 1 N–H and O–H groups in total. The zero-order chi connectivity index (χ0) is 23.6. The maximum atomic E-state index is 13.6. The summed E-state index contributed by atoms with van der Waals surface area (Å²) >= 11 is 12.7. The Bertz CT molecular complexity index is 1510. The molecule has 2 aliphatic rings. The van der Waals surface area contributed by atoms with Gasteiger partial charge in [0.15, 0.2) is 5.78 Å². The Morgan fingerprint density at radius 1 is 0.971 bits per heavy atom. The molecule has 0 fully saturated rings. The van der Waals surface area contributed by atoms with Crippen LogP contribution in [0.1, 0.15) is 43.9 Å². The predicted octanol–water partition coefficient (Wildman–Crippen LogP) is 8.61. The SMILES string of the molecule is CC1(C)CC(=O)C2=C(C1)Nc1ccc3ccccc3c1C2c1ccc(-c2cc(Cl)ccc2Cl)o1. The third-order valence-corrected chi connectivity index (χ3v) is 7.42. The third-order valence-electron chi connectivity index (χ3n) is 6.86. The zero-order valence-electron chi connectivity index (χ0n) is 18.9. The minimum atomic E-state index is -0.298. The Morgan fingerprint density at radius 2 is 1.79 bits per heavy atom. The van der Waals surface area contributed by atoms with Gasteiger partial charge in [-0.05, 0) is 64.6 Å². The van der Waals surface area contributed by atoms with E-state index in [9.17, 15) is 4.79 Å². The fraction of sp³-hybridized carbons (Fsp3) is 0.207. The maximum Gasteiger partial charge on any atom is 0.162 e. The van der Waals surface area contributed by atoms with Gasteiger partial charge in [-0.25, -0.2) is 0 Å². The number of benzene rings is 3. The second kappa shape index (κ2) is 7.76. The van der Waals surface area contributed by atoms with Crippen molar-refractivity contribution >= 4 is 45.4 Å². The van der Waals surface area contributed by atoms with Gasteiger partial charge in [-0.15, -0.1) is 0 Å². The van der Waals surface area contributed by atoms with Crippen molar-refractivity contribution in [1.29, 1.82) is 0 Å². The second-order valence-electron chi connectivity index (χ2n) is 9.97. The number of anilines is 1. The highest BCUT2D eigenvalue weighted by Crippen LogP contribution is 2.51. The molecule has 0 bridgehead atoms. The minimum Gasteiger partial charge on any atom is -0.460 e. The lowest BCUT2D eigenvalue weighted by molar-refractivity contribution is -0.118. The van der Waals surface area contributed by atoms with Crippen LogP contribution in [-0.2, 0) is 4.79 Å². The number of allylic oxidation sites excluding steroid dienone is 2. The average Bonchev–Trinajstić information content (AvgIpc) is 3.28. The van der Waals surface area contributed by atoms with E-state index in [1.165, 1.54) is 0 Å². The smallest absolute Gasteiger partial charge is 0.162 e. The summed E-state index contributed by atoms with van der Waals surface area (Å²) in [5.74, 6) is 1.23. The van der Waals surface area contributed by atoms with Gasteiger partial charge < -0.3 is 9.73 Å². The molecule has 1 aromatic heterocycles. The van der Waals surface area contributed by atoms with Crippen molar-refractivity contribution in [3.05, 3.63) is 99.4 Å². The molecular weight excluding hydrogens is 465 g/mol. The molecule has 2 heterocycles. The monoisotopic (exact) mass is 487 g/mol. The molecule has 0 spiro atoms. The van der Waals surface area contributed by atoms with Crippen LogP contribution in [0.5, 0.6) is 0 Å². The summed E-state index contributed by atoms with van der Waals surface area (Å²) in [6.07, 6.45) is 1.32. The molecule has 1 aliphatic carbocycles. The first-order valence-electron chi connectivity index (χ1n) is 11.4. The molecule has 1 atom stereocenters. The van der Waals surface area contributed by atoms with Crippen molar-refractivity contribution in [3.63, 3.8) is 0 Å². The topological polar surface area (TPSA) is 42.2 Å². The van der Waals surface area contributed by atoms with E-state index in [4.69, 9.17) is 27.6 Å². The molecule has 0 radical (unpaired) electrons. The van der Waals surface area contributed by atoms with E-state index in [0.717, 1.165) is 51.0 Å². The lowest BCUT2D eigenvalue weighted by Crippen LogP contribution is -2.33. The van der Waals surface area contributed by atoms with E-state index in [1.54, 1.807) is 18.2 Å². The van der Waals surface area contributed by atoms with E-state index in [2.05, 4.69) is 43.4 Å². The highest BCUT2D eigenvalue weighted by atomic mass is 35.5. The van der Waals surface area contributed by atoms with Crippen LogP contribution < -0.4 is 5.32 Å². The van der Waals surface area contributed by atoms with Crippen LogP contribution in [-0.4, -0.2) is 5.78 Å². The Balaban J connectivity index is 1.59. The van der Waals surface area contributed by atoms with Gasteiger partial charge in [0.1, 0.15) is 11.5 Å². The van der Waals surface area contributed by atoms with Gasteiger partial charge in [-0.2, -0.15) is 0 Å². The largest absolute Gasteiger partial charge is 0.460 e. The summed E-state index contributed by atoms with van der Waals surface area (Å²) in [6, 6.07) is 21.7. The molecule has 3 nitrogen and oxygen atoms in total. The molecule has 34 heavy (non-hydrogen) atoms. The predicted molar refractivity (Wildman–Crippen MR) is 139 cm³/mol. The van der Waals surface area contributed by atoms with E-state index in [-0.39, 0.29) is 17.1 Å². The number of ketones is 1. The van der Waals surface area contributed by atoms with Gasteiger partial charge >= 0.3 is 0 Å². The molecular formula is C29H23Cl2NO2.